The third kappa shape index (κ3) is 4.17. The van der Waals surface area contributed by atoms with Crippen molar-refractivity contribution in [2.75, 3.05) is 5.32 Å². The van der Waals surface area contributed by atoms with Gasteiger partial charge in [0.15, 0.2) is 0 Å². The molecule has 2 aromatic carbocycles. The van der Waals surface area contributed by atoms with Crippen molar-refractivity contribution in [1.29, 1.82) is 0 Å². The van der Waals surface area contributed by atoms with Crippen LogP contribution in [0.2, 0.25) is 0 Å². The Bertz CT molecular complexity index is 1080. The molecule has 2 fully saturated rings. The van der Waals surface area contributed by atoms with E-state index in [1.165, 1.54) is 6.42 Å². The minimum Gasteiger partial charge on any atom is -0.324 e. The van der Waals surface area contributed by atoms with Crippen molar-refractivity contribution in [2.45, 2.75) is 50.7 Å². The first-order valence-corrected chi connectivity index (χ1v) is 11.4. The summed E-state index contributed by atoms with van der Waals surface area (Å²) in [5, 5.41) is 7.34. The number of hydrogen-bond acceptors (Lipinski definition) is 3. The lowest BCUT2D eigenvalue weighted by atomic mass is 9.84. The van der Waals surface area contributed by atoms with Gasteiger partial charge in [0, 0.05) is 29.7 Å². The number of carbonyl (C=O) groups is 2. The molecular weight excluding hydrogens is 400 g/mol. The molecule has 1 aromatic heterocycles. The molecule has 3 atom stereocenters. The van der Waals surface area contributed by atoms with E-state index in [2.05, 4.69) is 10.4 Å². The Hall–Kier alpha value is -3.41. The van der Waals surface area contributed by atoms with Crippen molar-refractivity contribution in [3.63, 3.8) is 0 Å². The molecule has 2 heterocycles. The fourth-order valence-corrected chi connectivity index (χ4v) is 5.27. The predicted molar refractivity (Wildman–Crippen MR) is 123 cm³/mol. The summed E-state index contributed by atoms with van der Waals surface area (Å²) in [7, 11) is 0. The number of benzene rings is 2. The molecule has 1 saturated carbocycles. The largest absolute Gasteiger partial charge is 0.324 e. The van der Waals surface area contributed by atoms with Gasteiger partial charge in [0.2, 0.25) is 5.91 Å². The van der Waals surface area contributed by atoms with Crippen LogP contribution in [0.3, 0.4) is 0 Å². The molecule has 3 aromatic rings. The van der Waals surface area contributed by atoms with Gasteiger partial charge in [-0.25, -0.2) is 0 Å². The Morgan fingerprint density at radius 1 is 1.00 bits per heavy atom. The molecule has 32 heavy (non-hydrogen) atoms. The van der Waals surface area contributed by atoms with Crippen LogP contribution in [-0.4, -0.2) is 38.6 Å². The van der Waals surface area contributed by atoms with Crippen LogP contribution in [0, 0.1) is 5.92 Å². The number of fused-ring (bicyclic) bond motifs is 1. The molecule has 1 aliphatic carbocycles. The Morgan fingerprint density at radius 3 is 2.66 bits per heavy atom. The molecule has 1 N–H and O–H groups in total. The van der Waals surface area contributed by atoms with Crippen molar-refractivity contribution in [2.24, 2.45) is 5.92 Å². The highest BCUT2D eigenvalue weighted by Crippen LogP contribution is 2.40. The summed E-state index contributed by atoms with van der Waals surface area (Å²) in [4.78, 5) is 28.7. The molecule has 164 valence electrons. The van der Waals surface area contributed by atoms with Gasteiger partial charge < -0.3 is 10.2 Å². The lowest BCUT2D eigenvalue weighted by Crippen LogP contribution is -2.47. The molecule has 2 aliphatic rings. The van der Waals surface area contributed by atoms with E-state index in [0.717, 1.165) is 36.9 Å². The van der Waals surface area contributed by atoms with E-state index < -0.39 is 6.04 Å². The number of nitrogens with one attached hydrogen (secondary N) is 1. The SMILES string of the molecule is O=C(Nc1cccc(Cn2cccn2)c1)C1CC2CCCCC2N1C(=O)c1ccccc1. The first-order valence-electron chi connectivity index (χ1n) is 11.4. The maximum absolute atomic E-state index is 13.4. The number of anilines is 1. The minimum atomic E-state index is -0.439. The number of amides is 2. The van der Waals surface area contributed by atoms with Crippen molar-refractivity contribution < 1.29 is 9.59 Å². The number of aromatic nitrogens is 2. The average Bonchev–Trinajstić information content (AvgIpc) is 3.47. The van der Waals surface area contributed by atoms with Crippen LogP contribution >= 0.6 is 0 Å². The highest BCUT2D eigenvalue weighted by molar-refractivity contribution is 6.01. The van der Waals surface area contributed by atoms with Gasteiger partial charge in [0.05, 0.1) is 6.54 Å². The summed E-state index contributed by atoms with van der Waals surface area (Å²) < 4.78 is 1.85. The zero-order chi connectivity index (χ0) is 21.9. The fourth-order valence-electron chi connectivity index (χ4n) is 5.27. The molecule has 3 unspecified atom stereocenters. The van der Waals surface area contributed by atoms with E-state index in [1.54, 1.807) is 6.20 Å². The maximum Gasteiger partial charge on any atom is 0.254 e. The molecule has 6 nitrogen and oxygen atoms in total. The Kier molecular flexibility index (Phi) is 5.75. The van der Waals surface area contributed by atoms with E-state index in [1.807, 2.05) is 76.4 Å². The first-order chi connectivity index (χ1) is 15.7. The molecule has 0 bridgehead atoms. The average molecular weight is 429 g/mol. The van der Waals surface area contributed by atoms with Crippen LogP contribution in [0.15, 0.2) is 73.1 Å². The summed E-state index contributed by atoms with van der Waals surface area (Å²) in [6, 6.07) is 18.8. The number of carbonyl (C=O) groups excluding carboxylic acids is 2. The summed E-state index contributed by atoms with van der Waals surface area (Å²) in [6.45, 7) is 0.642. The van der Waals surface area contributed by atoms with Crippen LogP contribution in [0.1, 0.15) is 48.0 Å². The maximum atomic E-state index is 13.4. The summed E-state index contributed by atoms with van der Waals surface area (Å²) >= 11 is 0. The smallest absolute Gasteiger partial charge is 0.254 e. The van der Waals surface area contributed by atoms with Crippen LogP contribution in [0.4, 0.5) is 5.69 Å². The number of rotatable bonds is 5. The summed E-state index contributed by atoms with van der Waals surface area (Å²) in [6.07, 6.45) is 8.77. The molecule has 2 amide bonds. The lowest BCUT2D eigenvalue weighted by Gasteiger charge is -2.33. The quantitative estimate of drug-likeness (QED) is 0.657. The first kappa shape index (κ1) is 20.5. The van der Waals surface area contributed by atoms with E-state index >= 15 is 0 Å². The van der Waals surface area contributed by atoms with Gasteiger partial charge in [-0.3, -0.25) is 14.3 Å². The number of nitrogens with zero attached hydrogens (tertiary/aromatic N) is 3. The highest BCUT2D eigenvalue weighted by Gasteiger charge is 2.47. The van der Waals surface area contributed by atoms with Crippen LogP contribution < -0.4 is 5.32 Å². The fraction of sp³-hybridized carbons (Fsp3) is 0.346. The number of hydrogen-bond donors (Lipinski definition) is 1. The normalized spacial score (nSPS) is 22.4. The minimum absolute atomic E-state index is 0.0346. The zero-order valence-electron chi connectivity index (χ0n) is 18.1. The lowest BCUT2D eigenvalue weighted by molar-refractivity contribution is -0.120. The van der Waals surface area contributed by atoms with Gasteiger partial charge in [-0.15, -0.1) is 0 Å². The predicted octanol–water partition coefficient (Wildman–Crippen LogP) is 4.34. The standard InChI is InChI=1S/C26H28N4O2/c31-25(28-22-12-6-8-19(16-22)18-29-15-7-14-27-29)24-17-21-11-4-5-13-23(21)30(24)26(32)20-9-2-1-3-10-20/h1-3,6-10,12,14-16,21,23-24H,4-5,11,13,17-18H2,(H,28,31). The summed E-state index contributed by atoms with van der Waals surface area (Å²) in [5.41, 5.74) is 2.46. The summed E-state index contributed by atoms with van der Waals surface area (Å²) in [5.74, 6) is 0.269. The molecule has 6 heteroatoms. The van der Waals surface area contributed by atoms with E-state index in [0.29, 0.717) is 18.0 Å². The van der Waals surface area contributed by atoms with Gasteiger partial charge in [-0.05, 0) is 61.1 Å². The number of likely N-dealkylation sites (tertiary alicyclic amines) is 1. The monoisotopic (exact) mass is 428 g/mol. The Morgan fingerprint density at radius 2 is 1.84 bits per heavy atom. The van der Waals surface area contributed by atoms with E-state index in [9.17, 15) is 9.59 Å². The topological polar surface area (TPSA) is 67.2 Å². The zero-order valence-corrected chi connectivity index (χ0v) is 18.1. The van der Waals surface area contributed by atoms with Crippen molar-refractivity contribution in [3.8, 4) is 0 Å². The van der Waals surface area contributed by atoms with Crippen LogP contribution in [-0.2, 0) is 11.3 Å². The third-order valence-corrected chi connectivity index (χ3v) is 6.74. The molecule has 1 saturated heterocycles. The Labute approximate surface area is 188 Å². The van der Waals surface area contributed by atoms with E-state index in [-0.39, 0.29) is 17.9 Å². The second-order valence-electron chi connectivity index (χ2n) is 8.84. The molecule has 0 radical (unpaired) electrons. The van der Waals surface area contributed by atoms with Gasteiger partial charge in [0.1, 0.15) is 6.04 Å². The van der Waals surface area contributed by atoms with Gasteiger partial charge in [-0.2, -0.15) is 5.10 Å². The van der Waals surface area contributed by atoms with Gasteiger partial charge >= 0.3 is 0 Å². The second kappa shape index (κ2) is 8.99. The van der Waals surface area contributed by atoms with Gasteiger partial charge in [0.25, 0.3) is 5.91 Å². The third-order valence-electron chi connectivity index (χ3n) is 6.74. The second-order valence-corrected chi connectivity index (χ2v) is 8.84. The van der Waals surface area contributed by atoms with Crippen molar-refractivity contribution in [3.05, 3.63) is 84.2 Å². The molecule has 1 aliphatic heterocycles. The van der Waals surface area contributed by atoms with Crippen molar-refractivity contribution >= 4 is 17.5 Å². The molecule has 0 spiro atoms. The molecule has 5 rings (SSSR count). The van der Waals surface area contributed by atoms with Crippen molar-refractivity contribution in [1.82, 2.24) is 14.7 Å². The Balaban J connectivity index is 1.36. The highest BCUT2D eigenvalue weighted by atomic mass is 16.2. The molecular formula is C26H28N4O2. The van der Waals surface area contributed by atoms with E-state index in [4.69, 9.17) is 0 Å². The van der Waals surface area contributed by atoms with Crippen LogP contribution in [0.5, 0.6) is 0 Å². The van der Waals surface area contributed by atoms with Crippen LogP contribution in [0.25, 0.3) is 0 Å². The van der Waals surface area contributed by atoms with Gasteiger partial charge in [-0.1, -0.05) is 43.2 Å².